The van der Waals surface area contributed by atoms with Gasteiger partial charge in [0, 0.05) is 18.7 Å². The Kier molecular flexibility index (Phi) is 5.98. The van der Waals surface area contributed by atoms with Gasteiger partial charge in [-0.1, -0.05) is 26.0 Å². The fourth-order valence-electron chi connectivity index (χ4n) is 2.34. The Bertz CT molecular complexity index is 704. The predicted molar refractivity (Wildman–Crippen MR) is 95.2 cm³/mol. The van der Waals surface area contributed by atoms with E-state index in [4.69, 9.17) is 4.42 Å². The Morgan fingerprint density at radius 2 is 1.84 bits per heavy atom. The first-order valence-corrected chi connectivity index (χ1v) is 8.21. The van der Waals surface area contributed by atoms with E-state index in [9.17, 15) is 14.7 Å². The smallest absolute Gasteiger partial charge is 0.313 e. The maximum Gasteiger partial charge on any atom is 0.313 e. The third-order valence-corrected chi connectivity index (χ3v) is 3.81. The van der Waals surface area contributed by atoms with Crippen molar-refractivity contribution >= 4 is 17.5 Å². The largest absolute Gasteiger partial charge is 0.469 e. The van der Waals surface area contributed by atoms with Crippen molar-refractivity contribution in [2.24, 2.45) is 0 Å². The molecule has 0 spiro atoms. The SMILES string of the molecule is CC(C)c1ccc(NC(=O)C(=O)NCC(C)(O)Cc2ccco2)cc1. The number of rotatable bonds is 6. The molecule has 0 aliphatic heterocycles. The standard InChI is InChI=1S/C19H24N2O4/c1-13(2)14-6-8-15(9-7-14)21-18(23)17(22)20-12-19(3,24)11-16-5-4-10-25-16/h4-10,13,24H,11-12H2,1-3H3,(H,20,22)(H,21,23). The van der Waals surface area contributed by atoms with Gasteiger partial charge in [-0.15, -0.1) is 0 Å². The molecule has 2 aromatic rings. The monoisotopic (exact) mass is 344 g/mol. The average Bonchev–Trinajstić information content (AvgIpc) is 3.05. The summed E-state index contributed by atoms with van der Waals surface area (Å²) in [5.74, 6) is -0.572. The zero-order valence-corrected chi connectivity index (χ0v) is 14.7. The van der Waals surface area contributed by atoms with Gasteiger partial charge in [0.2, 0.25) is 0 Å². The lowest BCUT2D eigenvalue weighted by Gasteiger charge is -2.22. The zero-order valence-electron chi connectivity index (χ0n) is 14.7. The lowest BCUT2D eigenvalue weighted by molar-refractivity contribution is -0.136. The Balaban J connectivity index is 1.84. The van der Waals surface area contributed by atoms with Gasteiger partial charge in [-0.05, 0) is 42.7 Å². The maximum atomic E-state index is 11.9. The molecule has 0 saturated carbocycles. The molecule has 3 N–H and O–H groups in total. The molecule has 6 heteroatoms. The summed E-state index contributed by atoms with van der Waals surface area (Å²) in [6.45, 7) is 5.66. The van der Waals surface area contributed by atoms with E-state index in [-0.39, 0.29) is 13.0 Å². The molecule has 2 rings (SSSR count). The molecule has 0 saturated heterocycles. The van der Waals surface area contributed by atoms with Crippen molar-refractivity contribution in [1.29, 1.82) is 0 Å². The number of carbonyl (C=O) groups excluding carboxylic acids is 2. The molecule has 1 aromatic heterocycles. The highest BCUT2D eigenvalue weighted by molar-refractivity contribution is 6.39. The summed E-state index contributed by atoms with van der Waals surface area (Å²) in [6, 6.07) is 10.8. The molecule has 0 fully saturated rings. The number of hydrogen-bond acceptors (Lipinski definition) is 4. The fraction of sp³-hybridized carbons (Fsp3) is 0.368. The van der Waals surface area contributed by atoms with Gasteiger partial charge >= 0.3 is 11.8 Å². The summed E-state index contributed by atoms with van der Waals surface area (Å²) in [5.41, 5.74) is 0.482. The molecular formula is C19H24N2O4. The lowest BCUT2D eigenvalue weighted by Crippen LogP contribution is -2.45. The van der Waals surface area contributed by atoms with Crippen LogP contribution in [0.4, 0.5) is 5.69 Å². The lowest BCUT2D eigenvalue weighted by atomic mass is 10.0. The molecule has 2 amide bonds. The van der Waals surface area contributed by atoms with Gasteiger partial charge in [-0.25, -0.2) is 0 Å². The topological polar surface area (TPSA) is 91.6 Å². The summed E-state index contributed by atoms with van der Waals surface area (Å²) < 4.78 is 5.18. The predicted octanol–water partition coefficient (Wildman–Crippen LogP) is 2.45. The van der Waals surface area contributed by atoms with Crippen molar-refractivity contribution in [3.63, 3.8) is 0 Å². The van der Waals surface area contributed by atoms with Gasteiger partial charge in [0.05, 0.1) is 11.9 Å². The Hall–Kier alpha value is -2.60. The van der Waals surface area contributed by atoms with Crippen molar-refractivity contribution in [1.82, 2.24) is 5.32 Å². The van der Waals surface area contributed by atoms with Crippen LogP contribution in [-0.2, 0) is 16.0 Å². The van der Waals surface area contributed by atoms with Gasteiger partial charge in [-0.3, -0.25) is 9.59 Å². The zero-order chi connectivity index (χ0) is 18.4. The molecule has 1 unspecified atom stereocenters. The Morgan fingerprint density at radius 1 is 1.16 bits per heavy atom. The molecule has 6 nitrogen and oxygen atoms in total. The summed E-state index contributed by atoms with van der Waals surface area (Å²) in [5, 5.41) is 15.3. The first kappa shape index (κ1) is 18.7. The van der Waals surface area contributed by atoms with E-state index in [0.29, 0.717) is 17.4 Å². The molecule has 1 aromatic carbocycles. The van der Waals surface area contributed by atoms with Gasteiger partial charge in [0.15, 0.2) is 0 Å². The highest BCUT2D eigenvalue weighted by Crippen LogP contribution is 2.17. The van der Waals surface area contributed by atoms with Crippen molar-refractivity contribution in [3.05, 3.63) is 54.0 Å². The molecule has 0 radical (unpaired) electrons. The Morgan fingerprint density at radius 3 is 2.40 bits per heavy atom. The fourth-order valence-corrected chi connectivity index (χ4v) is 2.34. The van der Waals surface area contributed by atoms with Crippen LogP contribution in [0.2, 0.25) is 0 Å². The third kappa shape index (κ3) is 5.76. The first-order valence-electron chi connectivity index (χ1n) is 8.21. The van der Waals surface area contributed by atoms with Crippen LogP contribution in [0.1, 0.15) is 38.0 Å². The van der Waals surface area contributed by atoms with E-state index in [2.05, 4.69) is 24.5 Å². The maximum absolute atomic E-state index is 11.9. The van der Waals surface area contributed by atoms with Gasteiger partial charge in [0.25, 0.3) is 0 Å². The summed E-state index contributed by atoms with van der Waals surface area (Å²) in [4.78, 5) is 23.9. The van der Waals surface area contributed by atoms with Gasteiger partial charge in [0.1, 0.15) is 5.76 Å². The van der Waals surface area contributed by atoms with Crippen molar-refractivity contribution in [2.45, 2.75) is 38.7 Å². The van der Waals surface area contributed by atoms with Crippen molar-refractivity contribution in [2.75, 3.05) is 11.9 Å². The summed E-state index contributed by atoms with van der Waals surface area (Å²) in [6.07, 6.45) is 1.75. The number of aliphatic hydroxyl groups is 1. The second-order valence-corrected chi connectivity index (χ2v) is 6.67. The normalized spacial score (nSPS) is 13.3. The van der Waals surface area contributed by atoms with Crippen LogP contribution in [0.3, 0.4) is 0 Å². The summed E-state index contributed by atoms with van der Waals surface area (Å²) >= 11 is 0. The minimum atomic E-state index is -1.22. The Labute approximate surface area is 147 Å². The number of hydrogen-bond donors (Lipinski definition) is 3. The molecular weight excluding hydrogens is 320 g/mol. The minimum absolute atomic E-state index is 0.0633. The van der Waals surface area contributed by atoms with Crippen LogP contribution < -0.4 is 10.6 Å². The van der Waals surface area contributed by atoms with Crippen LogP contribution in [0.5, 0.6) is 0 Å². The van der Waals surface area contributed by atoms with Crippen LogP contribution in [0, 0.1) is 0 Å². The van der Waals surface area contributed by atoms with Gasteiger partial charge in [-0.2, -0.15) is 0 Å². The average molecular weight is 344 g/mol. The molecule has 1 heterocycles. The second-order valence-electron chi connectivity index (χ2n) is 6.67. The van der Waals surface area contributed by atoms with E-state index in [1.54, 1.807) is 31.2 Å². The van der Waals surface area contributed by atoms with E-state index >= 15 is 0 Å². The van der Waals surface area contributed by atoms with Crippen molar-refractivity contribution in [3.8, 4) is 0 Å². The number of nitrogens with one attached hydrogen (secondary N) is 2. The van der Waals surface area contributed by atoms with E-state index in [1.165, 1.54) is 6.26 Å². The highest BCUT2D eigenvalue weighted by atomic mass is 16.3. The quantitative estimate of drug-likeness (QED) is 0.702. The molecule has 1 atom stereocenters. The minimum Gasteiger partial charge on any atom is -0.469 e. The van der Waals surface area contributed by atoms with Crippen LogP contribution >= 0.6 is 0 Å². The molecule has 134 valence electrons. The highest BCUT2D eigenvalue weighted by Gasteiger charge is 2.25. The number of anilines is 1. The second kappa shape index (κ2) is 7.98. The van der Waals surface area contributed by atoms with E-state index < -0.39 is 17.4 Å². The van der Waals surface area contributed by atoms with Gasteiger partial charge < -0.3 is 20.2 Å². The van der Waals surface area contributed by atoms with E-state index in [1.807, 2.05) is 12.1 Å². The third-order valence-electron chi connectivity index (χ3n) is 3.81. The number of amides is 2. The van der Waals surface area contributed by atoms with Crippen LogP contribution in [-0.4, -0.2) is 29.1 Å². The van der Waals surface area contributed by atoms with E-state index in [0.717, 1.165) is 5.56 Å². The molecule has 0 aliphatic rings. The first-order chi connectivity index (χ1) is 11.8. The molecule has 0 bridgehead atoms. The van der Waals surface area contributed by atoms with Crippen LogP contribution in [0.15, 0.2) is 47.1 Å². The molecule has 25 heavy (non-hydrogen) atoms. The van der Waals surface area contributed by atoms with Crippen LogP contribution in [0.25, 0.3) is 0 Å². The number of benzene rings is 1. The summed E-state index contributed by atoms with van der Waals surface area (Å²) in [7, 11) is 0. The van der Waals surface area contributed by atoms with Crippen molar-refractivity contribution < 1.29 is 19.1 Å². The number of furan rings is 1. The number of carbonyl (C=O) groups is 2. The molecule has 0 aliphatic carbocycles.